The summed E-state index contributed by atoms with van der Waals surface area (Å²) in [4.78, 5) is 0. The number of ether oxygens (including phenoxy) is 2. The fourth-order valence-corrected chi connectivity index (χ4v) is 1.48. The second-order valence-corrected chi connectivity index (χ2v) is 3.28. The van der Waals surface area contributed by atoms with Gasteiger partial charge in [-0.1, -0.05) is 6.07 Å². The van der Waals surface area contributed by atoms with Gasteiger partial charge in [0.15, 0.2) is 11.5 Å². The first-order chi connectivity index (χ1) is 6.81. The van der Waals surface area contributed by atoms with Gasteiger partial charge >= 0.3 is 0 Å². The van der Waals surface area contributed by atoms with Crippen molar-refractivity contribution in [2.75, 3.05) is 20.4 Å². The van der Waals surface area contributed by atoms with Crippen LogP contribution in [0, 0.1) is 0 Å². The molecule has 3 N–H and O–H groups in total. The van der Waals surface area contributed by atoms with Gasteiger partial charge in [-0.15, -0.1) is 0 Å². The maximum atomic E-state index is 5.94. The molecule has 1 unspecified atom stereocenters. The highest BCUT2D eigenvalue weighted by Crippen LogP contribution is 2.33. The van der Waals surface area contributed by atoms with E-state index in [1.54, 1.807) is 0 Å². The largest absolute Gasteiger partial charge is 0.454 e. The number of fused-ring (bicyclic) bond motifs is 1. The molecule has 0 bridgehead atoms. The fourth-order valence-electron chi connectivity index (χ4n) is 1.48. The van der Waals surface area contributed by atoms with Crippen molar-refractivity contribution in [1.82, 2.24) is 5.32 Å². The minimum Gasteiger partial charge on any atom is -0.454 e. The Kier molecular flexibility index (Phi) is 2.56. The van der Waals surface area contributed by atoms with E-state index in [2.05, 4.69) is 5.32 Å². The van der Waals surface area contributed by atoms with Gasteiger partial charge in [0.2, 0.25) is 6.79 Å². The molecule has 4 nitrogen and oxygen atoms in total. The Morgan fingerprint density at radius 2 is 2.21 bits per heavy atom. The number of hydrogen-bond donors (Lipinski definition) is 2. The molecule has 1 atom stereocenters. The third-order valence-electron chi connectivity index (χ3n) is 2.25. The predicted molar refractivity (Wildman–Crippen MR) is 53.4 cm³/mol. The molecular formula is C10H14N2O2. The van der Waals surface area contributed by atoms with Gasteiger partial charge in [0, 0.05) is 12.6 Å². The van der Waals surface area contributed by atoms with E-state index in [9.17, 15) is 0 Å². The van der Waals surface area contributed by atoms with E-state index in [0.717, 1.165) is 23.6 Å². The monoisotopic (exact) mass is 194 g/mol. The van der Waals surface area contributed by atoms with Crippen LogP contribution in [0.15, 0.2) is 18.2 Å². The molecule has 76 valence electrons. The van der Waals surface area contributed by atoms with Gasteiger partial charge in [-0.2, -0.15) is 0 Å². The molecule has 1 aromatic carbocycles. The maximum Gasteiger partial charge on any atom is 0.231 e. The summed E-state index contributed by atoms with van der Waals surface area (Å²) >= 11 is 0. The van der Waals surface area contributed by atoms with Crippen LogP contribution in [-0.2, 0) is 0 Å². The topological polar surface area (TPSA) is 56.5 Å². The van der Waals surface area contributed by atoms with Crippen molar-refractivity contribution in [3.63, 3.8) is 0 Å². The lowest BCUT2D eigenvalue weighted by Crippen LogP contribution is -2.23. The second-order valence-electron chi connectivity index (χ2n) is 3.28. The number of hydrogen-bond acceptors (Lipinski definition) is 4. The van der Waals surface area contributed by atoms with Gasteiger partial charge < -0.3 is 20.5 Å². The van der Waals surface area contributed by atoms with E-state index in [1.165, 1.54) is 0 Å². The highest BCUT2D eigenvalue weighted by atomic mass is 16.7. The summed E-state index contributed by atoms with van der Waals surface area (Å²) in [6.07, 6.45) is 0. The third-order valence-corrected chi connectivity index (χ3v) is 2.25. The Bertz CT molecular complexity index is 328. The lowest BCUT2D eigenvalue weighted by molar-refractivity contribution is 0.174. The molecule has 0 aromatic heterocycles. The fraction of sp³-hybridized carbons (Fsp3) is 0.400. The Morgan fingerprint density at radius 1 is 1.43 bits per heavy atom. The zero-order valence-electron chi connectivity index (χ0n) is 8.12. The average molecular weight is 194 g/mol. The highest BCUT2D eigenvalue weighted by molar-refractivity contribution is 5.45. The van der Waals surface area contributed by atoms with Crippen molar-refractivity contribution in [3.8, 4) is 11.5 Å². The Morgan fingerprint density at radius 3 is 3.00 bits per heavy atom. The lowest BCUT2D eigenvalue weighted by Gasteiger charge is -2.11. The van der Waals surface area contributed by atoms with E-state index in [-0.39, 0.29) is 6.04 Å². The van der Waals surface area contributed by atoms with Crippen molar-refractivity contribution in [2.45, 2.75) is 6.04 Å². The summed E-state index contributed by atoms with van der Waals surface area (Å²) in [6, 6.07) is 5.79. The van der Waals surface area contributed by atoms with Crippen LogP contribution < -0.4 is 20.5 Å². The van der Waals surface area contributed by atoms with E-state index in [4.69, 9.17) is 15.2 Å². The van der Waals surface area contributed by atoms with Gasteiger partial charge in [0.1, 0.15) is 0 Å². The Labute approximate surface area is 83.0 Å². The molecule has 0 saturated carbocycles. The van der Waals surface area contributed by atoms with Crippen molar-refractivity contribution in [2.24, 2.45) is 5.73 Å². The van der Waals surface area contributed by atoms with Crippen molar-refractivity contribution in [1.29, 1.82) is 0 Å². The zero-order valence-corrected chi connectivity index (χ0v) is 8.12. The van der Waals surface area contributed by atoms with E-state index in [0.29, 0.717) is 6.79 Å². The molecule has 0 spiro atoms. The standard InChI is InChI=1S/C10H14N2O2/c1-12-5-8(11)7-2-3-9-10(4-7)14-6-13-9/h2-4,8,12H,5-6,11H2,1H3. The SMILES string of the molecule is CNCC(N)c1ccc2c(c1)OCO2. The quantitative estimate of drug-likeness (QED) is 0.741. The Balaban J connectivity index is 2.19. The van der Waals surface area contributed by atoms with Crippen LogP contribution in [0.1, 0.15) is 11.6 Å². The summed E-state index contributed by atoms with van der Waals surface area (Å²) in [5.74, 6) is 1.58. The first kappa shape index (κ1) is 9.30. The van der Waals surface area contributed by atoms with Crippen LogP contribution in [0.2, 0.25) is 0 Å². The molecule has 0 saturated heterocycles. The number of rotatable bonds is 3. The predicted octanol–water partition coefficient (Wildman–Crippen LogP) is 0.634. The molecule has 0 aliphatic carbocycles. The lowest BCUT2D eigenvalue weighted by atomic mass is 10.1. The second kappa shape index (κ2) is 3.86. The first-order valence-corrected chi connectivity index (χ1v) is 4.61. The van der Waals surface area contributed by atoms with Gasteiger partial charge in [-0.05, 0) is 24.7 Å². The van der Waals surface area contributed by atoms with Crippen molar-refractivity contribution in [3.05, 3.63) is 23.8 Å². The molecule has 0 fully saturated rings. The van der Waals surface area contributed by atoms with Crippen LogP contribution in [0.4, 0.5) is 0 Å². The summed E-state index contributed by atoms with van der Waals surface area (Å²) < 4.78 is 10.5. The number of nitrogens with one attached hydrogen (secondary N) is 1. The van der Waals surface area contributed by atoms with Crippen molar-refractivity contribution >= 4 is 0 Å². The number of likely N-dealkylation sites (N-methyl/N-ethyl adjacent to an activating group) is 1. The normalized spacial score (nSPS) is 15.6. The van der Waals surface area contributed by atoms with Crippen LogP contribution in [-0.4, -0.2) is 20.4 Å². The summed E-state index contributed by atoms with van der Waals surface area (Å²) in [5.41, 5.74) is 7.00. The van der Waals surface area contributed by atoms with Crippen LogP contribution in [0.5, 0.6) is 11.5 Å². The summed E-state index contributed by atoms with van der Waals surface area (Å²) in [5, 5.41) is 3.04. The van der Waals surface area contributed by atoms with Gasteiger partial charge in [0.25, 0.3) is 0 Å². The zero-order chi connectivity index (χ0) is 9.97. The highest BCUT2D eigenvalue weighted by Gasteiger charge is 2.15. The molecule has 0 radical (unpaired) electrons. The molecular weight excluding hydrogens is 180 g/mol. The Hall–Kier alpha value is -1.26. The average Bonchev–Trinajstić information content (AvgIpc) is 2.64. The summed E-state index contributed by atoms with van der Waals surface area (Å²) in [7, 11) is 1.88. The van der Waals surface area contributed by atoms with Gasteiger partial charge in [-0.25, -0.2) is 0 Å². The molecule has 0 amide bonds. The van der Waals surface area contributed by atoms with Crippen LogP contribution in [0.3, 0.4) is 0 Å². The third kappa shape index (κ3) is 1.66. The minimum absolute atomic E-state index is 0.00509. The molecule has 4 heteroatoms. The molecule has 2 rings (SSSR count). The number of benzene rings is 1. The minimum atomic E-state index is -0.00509. The van der Waals surface area contributed by atoms with E-state index >= 15 is 0 Å². The maximum absolute atomic E-state index is 5.94. The molecule has 1 aromatic rings. The van der Waals surface area contributed by atoms with Gasteiger partial charge in [-0.3, -0.25) is 0 Å². The molecule has 1 aliphatic heterocycles. The van der Waals surface area contributed by atoms with Gasteiger partial charge in [0.05, 0.1) is 0 Å². The van der Waals surface area contributed by atoms with Crippen LogP contribution >= 0.6 is 0 Å². The molecule has 14 heavy (non-hydrogen) atoms. The number of nitrogens with two attached hydrogens (primary N) is 1. The van der Waals surface area contributed by atoms with E-state index in [1.807, 2.05) is 25.2 Å². The smallest absolute Gasteiger partial charge is 0.231 e. The van der Waals surface area contributed by atoms with E-state index < -0.39 is 0 Å². The summed E-state index contributed by atoms with van der Waals surface area (Å²) in [6.45, 7) is 1.06. The molecule has 1 heterocycles. The first-order valence-electron chi connectivity index (χ1n) is 4.61. The van der Waals surface area contributed by atoms with Crippen LogP contribution in [0.25, 0.3) is 0 Å². The van der Waals surface area contributed by atoms with Crippen molar-refractivity contribution < 1.29 is 9.47 Å². The molecule has 1 aliphatic rings.